The second-order valence-electron chi connectivity index (χ2n) is 4.50. The van der Waals surface area contributed by atoms with Crippen LogP contribution in [-0.4, -0.2) is 16.0 Å². The lowest BCUT2D eigenvalue weighted by atomic mass is 10.1. The van der Waals surface area contributed by atoms with Gasteiger partial charge in [0.1, 0.15) is 5.75 Å². The third kappa shape index (κ3) is 2.66. The minimum Gasteiger partial charge on any atom is -0.506 e. The van der Waals surface area contributed by atoms with Gasteiger partial charge in [-0.05, 0) is 30.3 Å². The molecule has 0 atom stereocenters. The summed E-state index contributed by atoms with van der Waals surface area (Å²) in [5.74, 6) is -0.278. The maximum Gasteiger partial charge on any atom is 0.256 e. The topological polar surface area (TPSA) is 62.2 Å². The van der Waals surface area contributed by atoms with Crippen molar-refractivity contribution in [3.05, 3.63) is 65.3 Å². The van der Waals surface area contributed by atoms with Gasteiger partial charge in [0.05, 0.1) is 16.1 Å². The minimum absolute atomic E-state index is 0.0240. The molecule has 0 spiro atoms. The van der Waals surface area contributed by atoms with E-state index < -0.39 is 0 Å². The molecule has 1 heterocycles. The standard InChI is InChI=1S/C16H11ClN2O2/c17-13-9-10(5-6-15(13)20)19-16(21)12-7-8-18-14-4-2-1-3-11(12)14/h1-9,20H,(H,19,21). The lowest BCUT2D eigenvalue weighted by Crippen LogP contribution is -2.12. The van der Waals surface area contributed by atoms with Crippen molar-refractivity contribution in [2.75, 3.05) is 5.32 Å². The van der Waals surface area contributed by atoms with Gasteiger partial charge in [-0.2, -0.15) is 0 Å². The van der Waals surface area contributed by atoms with Gasteiger partial charge in [-0.3, -0.25) is 9.78 Å². The molecule has 104 valence electrons. The number of rotatable bonds is 2. The molecular weight excluding hydrogens is 288 g/mol. The fourth-order valence-corrected chi connectivity index (χ4v) is 2.26. The van der Waals surface area contributed by atoms with Gasteiger partial charge < -0.3 is 10.4 Å². The highest BCUT2D eigenvalue weighted by atomic mass is 35.5. The number of hydrogen-bond donors (Lipinski definition) is 2. The first kappa shape index (κ1) is 13.4. The number of aromatic hydroxyl groups is 1. The highest BCUT2D eigenvalue weighted by Gasteiger charge is 2.11. The van der Waals surface area contributed by atoms with E-state index in [9.17, 15) is 9.90 Å². The number of aromatic nitrogens is 1. The molecule has 0 fully saturated rings. The van der Waals surface area contributed by atoms with E-state index in [1.807, 2.05) is 24.3 Å². The van der Waals surface area contributed by atoms with Gasteiger partial charge in [0, 0.05) is 17.3 Å². The number of hydrogen-bond acceptors (Lipinski definition) is 3. The molecule has 0 aliphatic heterocycles. The Kier molecular flexibility index (Phi) is 3.46. The lowest BCUT2D eigenvalue weighted by molar-refractivity contribution is 0.102. The number of pyridine rings is 1. The van der Waals surface area contributed by atoms with Crippen molar-refractivity contribution < 1.29 is 9.90 Å². The SMILES string of the molecule is O=C(Nc1ccc(O)c(Cl)c1)c1ccnc2ccccc12. The summed E-state index contributed by atoms with van der Waals surface area (Å²) in [6.07, 6.45) is 1.60. The number of phenols is 1. The second-order valence-corrected chi connectivity index (χ2v) is 4.90. The van der Waals surface area contributed by atoms with Gasteiger partial charge in [0.15, 0.2) is 0 Å². The molecular formula is C16H11ClN2O2. The smallest absolute Gasteiger partial charge is 0.256 e. The van der Waals surface area contributed by atoms with Crippen molar-refractivity contribution in [1.82, 2.24) is 4.98 Å². The van der Waals surface area contributed by atoms with Crippen LogP contribution in [0.3, 0.4) is 0 Å². The number of nitrogens with zero attached hydrogens (tertiary/aromatic N) is 1. The van der Waals surface area contributed by atoms with E-state index in [1.54, 1.807) is 18.3 Å². The van der Waals surface area contributed by atoms with Crippen molar-refractivity contribution in [2.45, 2.75) is 0 Å². The number of carbonyl (C=O) groups excluding carboxylic acids is 1. The number of phenolic OH excluding ortho intramolecular Hbond substituents is 1. The van der Waals surface area contributed by atoms with Crippen LogP contribution in [0.2, 0.25) is 5.02 Å². The maximum atomic E-state index is 12.4. The van der Waals surface area contributed by atoms with Crippen molar-refractivity contribution in [3.8, 4) is 5.75 Å². The van der Waals surface area contributed by atoms with Crippen LogP contribution < -0.4 is 5.32 Å². The first-order valence-electron chi connectivity index (χ1n) is 6.29. The molecule has 0 radical (unpaired) electrons. The van der Waals surface area contributed by atoms with Crippen LogP contribution in [0.15, 0.2) is 54.7 Å². The highest BCUT2D eigenvalue weighted by molar-refractivity contribution is 6.32. The molecule has 2 aromatic carbocycles. The van der Waals surface area contributed by atoms with Crippen LogP contribution in [0.1, 0.15) is 10.4 Å². The van der Waals surface area contributed by atoms with E-state index >= 15 is 0 Å². The summed E-state index contributed by atoms with van der Waals surface area (Å²) < 4.78 is 0. The van der Waals surface area contributed by atoms with Crippen LogP contribution in [0, 0.1) is 0 Å². The molecule has 5 heteroatoms. The zero-order valence-corrected chi connectivity index (χ0v) is 11.6. The first-order valence-corrected chi connectivity index (χ1v) is 6.66. The van der Waals surface area contributed by atoms with E-state index in [0.29, 0.717) is 11.3 Å². The van der Waals surface area contributed by atoms with Crippen LogP contribution in [0.4, 0.5) is 5.69 Å². The molecule has 3 rings (SSSR count). The second kappa shape index (κ2) is 5.42. The molecule has 0 bridgehead atoms. The average Bonchev–Trinajstić information content (AvgIpc) is 2.50. The number of halogens is 1. The Morgan fingerprint density at radius 3 is 2.76 bits per heavy atom. The zero-order valence-electron chi connectivity index (χ0n) is 10.9. The number of nitrogens with one attached hydrogen (secondary N) is 1. The predicted molar refractivity (Wildman–Crippen MR) is 82.8 cm³/mol. The number of fused-ring (bicyclic) bond motifs is 1. The van der Waals surface area contributed by atoms with Crippen LogP contribution in [0.25, 0.3) is 10.9 Å². The summed E-state index contributed by atoms with van der Waals surface area (Å²) in [5, 5.41) is 13.1. The van der Waals surface area contributed by atoms with Crippen LogP contribution in [0.5, 0.6) is 5.75 Å². The molecule has 0 aliphatic rings. The lowest BCUT2D eigenvalue weighted by Gasteiger charge is -2.08. The normalized spacial score (nSPS) is 10.5. The monoisotopic (exact) mass is 298 g/mol. The predicted octanol–water partition coefficient (Wildman–Crippen LogP) is 3.85. The Balaban J connectivity index is 1.95. The number of carbonyl (C=O) groups is 1. The van der Waals surface area contributed by atoms with E-state index in [4.69, 9.17) is 11.6 Å². The highest BCUT2D eigenvalue weighted by Crippen LogP contribution is 2.26. The summed E-state index contributed by atoms with van der Waals surface area (Å²) in [7, 11) is 0. The molecule has 4 nitrogen and oxygen atoms in total. The van der Waals surface area contributed by atoms with Gasteiger partial charge in [-0.25, -0.2) is 0 Å². The number of amides is 1. The van der Waals surface area contributed by atoms with Crippen molar-refractivity contribution in [1.29, 1.82) is 0 Å². The van der Waals surface area contributed by atoms with Crippen molar-refractivity contribution >= 4 is 34.1 Å². The summed E-state index contributed by atoms with van der Waals surface area (Å²) in [4.78, 5) is 16.6. The van der Waals surface area contributed by atoms with Crippen molar-refractivity contribution in [3.63, 3.8) is 0 Å². The van der Waals surface area contributed by atoms with Crippen molar-refractivity contribution in [2.24, 2.45) is 0 Å². The van der Waals surface area contributed by atoms with Gasteiger partial charge in [-0.15, -0.1) is 0 Å². The summed E-state index contributed by atoms with van der Waals surface area (Å²) in [6, 6.07) is 13.6. The maximum absolute atomic E-state index is 12.4. The fraction of sp³-hybridized carbons (Fsp3) is 0. The number of anilines is 1. The van der Waals surface area contributed by atoms with Gasteiger partial charge in [0.25, 0.3) is 5.91 Å². The number of para-hydroxylation sites is 1. The largest absolute Gasteiger partial charge is 0.506 e. The number of benzene rings is 2. The molecule has 0 saturated carbocycles. The summed E-state index contributed by atoms with van der Waals surface area (Å²) in [6.45, 7) is 0. The Morgan fingerprint density at radius 2 is 1.95 bits per heavy atom. The Bertz CT molecular complexity index is 828. The summed E-state index contributed by atoms with van der Waals surface area (Å²) in [5.41, 5.74) is 1.81. The molecule has 0 unspecified atom stereocenters. The molecule has 21 heavy (non-hydrogen) atoms. The van der Waals surface area contributed by atoms with Gasteiger partial charge >= 0.3 is 0 Å². The zero-order chi connectivity index (χ0) is 14.8. The molecule has 3 aromatic rings. The molecule has 1 aromatic heterocycles. The van der Waals surface area contributed by atoms with E-state index in [0.717, 1.165) is 10.9 Å². The first-order chi connectivity index (χ1) is 10.1. The quantitative estimate of drug-likeness (QED) is 0.706. The molecule has 1 amide bonds. The van der Waals surface area contributed by atoms with E-state index in [1.165, 1.54) is 12.1 Å². The minimum atomic E-state index is -0.254. The van der Waals surface area contributed by atoms with Crippen LogP contribution >= 0.6 is 11.6 Å². The van der Waals surface area contributed by atoms with E-state index in [2.05, 4.69) is 10.3 Å². The average molecular weight is 299 g/mol. The van der Waals surface area contributed by atoms with E-state index in [-0.39, 0.29) is 16.7 Å². The third-order valence-corrected chi connectivity index (χ3v) is 3.40. The third-order valence-electron chi connectivity index (χ3n) is 3.10. The Hall–Kier alpha value is -2.59. The fourth-order valence-electron chi connectivity index (χ4n) is 2.08. The molecule has 2 N–H and O–H groups in total. The summed E-state index contributed by atoms with van der Waals surface area (Å²) >= 11 is 5.83. The van der Waals surface area contributed by atoms with Gasteiger partial charge in [0.2, 0.25) is 0 Å². The van der Waals surface area contributed by atoms with Crippen LogP contribution in [-0.2, 0) is 0 Å². The Labute approximate surface area is 126 Å². The molecule has 0 aliphatic carbocycles. The Morgan fingerprint density at radius 1 is 1.14 bits per heavy atom. The van der Waals surface area contributed by atoms with Gasteiger partial charge in [-0.1, -0.05) is 29.8 Å². The molecule has 0 saturated heterocycles.